The molecule has 0 fully saturated rings. The third-order valence-corrected chi connectivity index (χ3v) is 5.11. The number of rotatable bonds is 7. The average molecular weight is 403 g/mol. The molecule has 0 N–H and O–H groups in total. The molecule has 2 amide bonds. The molecule has 0 aliphatic rings. The number of anilines is 1. The fourth-order valence-corrected chi connectivity index (χ4v) is 3.76. The Labute approximate surface area is 169 Å². The third-order valence-electron chi connectivity index (χ3n) is 4.25. The molecule has 0 aliphatic heterocycles. The predicted molar refractivity (Wildman–Crippen MR) is 111 cm³/mol. The van der Waals surface area contributed by atoms with Crippen LogP contribution in [0.4, 0.5) is 5.69 Å². The van der Waals surface area contributed by atoms with E-state index in [1.54, 1.807) is 48.3 Å². The number of amides is 2. The molecule has 2 aromatic rings. The second kappa shape index (κ2) is 9.50. The van der Waals surface area contributed by atoms with Crippen molar-refractivity contribution in [2.24, 2.45) is 0 Å². The van der Waals surface area contributed by atoms with Crippen LogP contribution >= 0.6 is 11.3 Å². The van der Waals surface area contributed by atoms with Crippen molar-refractivity contribution in [2.45, 2.75) is 39.8 Å². The third kappa shape index (κ3) is 4.98. The zero-order chi connectivity index (χ0) is 20.8. The highest BCUT2D eigenvalue weighted by atomic mass is 32.1. The minimum atomic E-state index is -0.637. The highest BCUT2D eigenvalue weighted by Gasteiger charge is 2.24. The van der Waals surface area contributed by atoms with E-state index in [-0.39, 0.29) is 36.1 Å². The van der Waals surface area contributed by atoms with Gasteiger partial charge >= 0.3 is 5.97 Å². The van der Waals surface area contributed by atoms with Crippen LogP contribution in [-0.2, 0) is 9.53 Å². The lowest BCUT2D eigenvalue weighted by atomic mass is 10.1. The monoisotopic (exact) mass is 402 g/mol. The SMILES string of the molecule is CC(C)N(C(=O)COC(=O)c1ccccc1N(C)C(=O)c1cccs1)C(C)C. The fraction of sp³-hybridized carbons (Fsp3) is 0.381. The molecule has 0 bridgehead atoms. The Hall–Kier alpha value is -2.67. The van der Waals surface area contributed by atoms with E-state index in [4.69, 9.17) is 4.74 Å². The Morgan fingerprint density at radius 3 is 2.21 bits per heavy atom. The molecule has 0 atom stereocenters. The number of hydrogen-bond acceptors (Lipinski definition) is 5. The Kier molecular flexibility index (Phi) is 7.34. The summed E-state index contributed by atoms with van der Waals surface area (Å²) in [6.45, 7) is 7.33. The van der Waals surface area contributed by atoms with E-state index in [2.05, 4.69) is 0 Å². The van der Waals surface area contributed by atoms with Gasteiger partial charge in [-0.05, 0) is 51.3 Å². The van der Waals surface area contributed by atoms with E-state index in [1.807, 2.05) is 33.1 Å². The van der Waals surface area contributed by atoms with E-state index in [0.29, 0.717) is 10.6 Å². The van der Waals surface area contributed by atoms with Gasteiger partial charge in [-0.25, -0.2) is 4.79 Å². The van der Waals surface area contributed by atoms with Crippen LogP contribution in [0.5, 0.6) is 0 Å². The Bertz CT molecular complexity index is 823. The molecule has 6 nitrogen and oxygen atoms in total. The summed E-state index contributed by atoms with van der Waals surface area (Å²) in [5, 5.41) is 1.82. The molecule has 0 saturated carbocycles. The van der Waals surface area contributed by atoms with Crippen LogP contribution in [0.1, 0.15) is 47.7 Å². The summed E-state index contributed by atoms with van der Waals surface area (Å²) in [6, 6.07) is 10.2. The molecule has 150 valence electrons. The second-order valence-electron chi connectivity index (χ2n) is 6.92. The van der Waals surface area contributed by atoms with Crippen molar-refractivity contribution in [3.05, 3.63) is 52.2 Å². The molecule has 1 aromatic heterocycles. The van der Waals surface area contributed by atoms with Gasteiger partial charge in [0.05, 0.1) is 16.1 Å². The van der Waals surface area contributed by atoms with Gasteiger partial charge in [-0.3, -0.25) is 9.59 Å². The molecule has 0 aliphatic carbocycles. The first-order valence-corrected chi connectivity index (χ1v) is 10.0. The van der Waals surface area contributed by atoms with Crippen molar-refractivity contribution < 1.29 is 19.1 Å². The smallest absolute Gasteiger partial charge is 0.340 e. The van der Waals surface area contributed by atoms with Crippen LogP contribution < -0.4 is 4.90 Å². The Morgan fingerprint density at radius 2 is 1.64 bits per heavy atom. The van der Waals surface area contributed by atoms with Crippen LogP contribution in [0.2, 0.25) is 0 Å². The van der Waals surface area contributed by atoms with Crippen LogP contribution in [0, 0.1) is 0 Å². The van der Waals surface area contributed by atoms with Gasteiger partial charge in [0.25, 0.3) is 11.8 Å². The molecule has 7 heteroatoms. The zero-order valence-electron chi connectivity index (χ0n) is 16.8. The fourth-order valence-electron chi connectivity index (χ4n) is 3.07. The van der Waals surface area contributed by atoms with E-state index in [1.165, 1.54) is 16.2 Å². The maximum atomic E-state index is 12.6. The molecule has 0 radical (unpaired) electrons. The molecule has 0 saturated heterocycles. The number of benzene rings is 1. The molecule has 2 rings (SSSR count). The molecular formula is C21H26N2O4S. The summed E-state index contributed by atoms with van der Waals surface area (Å²) in [5.74, 6) is -1.10. The highest BCUT2D eigenvalue weighted by Crippen LogP contribution is 2.23. The van der Waals surface area contributed by atoms with Crippen molar-refractivity contribution in [3.8, 4) is 0 Å². The van der Waals surface area contributed by atoms with Gasteiger partial charge in [0.1, 0.15) is 0 Å². The summed E-state index contributed by atoms with van der Waals surface area (Å²) < 4.78 is 5.27. The van der Waals surface area contributed by atoms with Crippen molar-refractivity contribution in [2.75, 3.05) is 18.6 Å². The summed E-state index contributed by atoms with van der Waals surface area (Å²) in [6.07, 6.45) is 0. The zero-order valence-corrected chi connectivity index (χ0v) is 17.7. The van der Waals surface area contributed by atoms with E-state index in [9.17, 15) is 14.4 Å². The number of carbonyl (C=O) groups is 3. The molecule has 1 aromatic carbocycles. The summed E-state index contributed by atoms with van der Waals surface area (Å²) in [4.78, 5) is 41.3. The maximum Gasteiger partial charge on any atom is 0.340 e. The molecule has 1 heterocycles. The number of esters is 1. The van der Waals surface area contributed by atoms with Gasteiger partial charge in [0.15, 0.2) is 6.61 Å². The Balaban J connectivity index is 2.14. The highest BCUT2D eigenvalue weighted by molar-refractivity contribution is 7.12. The largest absolute Gasteiger partial charge is 0.452 e. The van der Waals surface area contributed by atoms with Crippen LogP contribution in [0.3, 0.4) is 0 Å². The lowest BCUT2D eigenvalue weighted by Gasteiger charge is -2.30. The first kappa shape index (κ1) is 21.6. The lowest BCUT2D eigenvalue weighted by molar-refractivity contribution is -0.138. The van der Waals surface area contributed by atoms with Gasteiger partial charge in [-0.15, -0.1) is 11.3 Å². The van der Waals surface area contributed by atoms with Crippen LogP contribution in [0.15, 0.2) is 41.8 Å². The maximum absolute atomic E-state index is 12.6. The van der Waals surface area contributed by atoms with Crippen LogP contribution in [-0.4, -0.2) is 48.4 Å². The van der Waals surface area contributed by atoms with Gasteiger partial charge in [0, 0.05) is 19.1 Å². The minimum absolute atomic E-state index is 0.00744. The van der Waals surface area contributed by atoms with Crippen molar-refractivity contribution in [1.29, 1.82) is 0 Å². The number of para-hydroxylation sites is 1. The van der Waals surface area contributed by atoms with Gasteiger partial charge in [0.2, 0.25) is 0 Å². The lowest BCUT2D eigenvalue weighted by Crippen LogP contribution is -2.44. The number of thiophene rings is 1. The minimum Gasteiger partial charge on any atom is -0.452 e. The quantitative estimate of drug-likeness (QED) is 0.660. The molecular weight excluding hydrogens is 376 g/mol. The first-order valence-electron chi connectivity index (χ1n) is 9.13. The van der Waals surface area contributed by atoms with Crippen molar-refractivity contribution >= 4 is 34.8 Å². The van der Waals surface area contributed by atoms with E-state index < -0.39 is 5.97 Å². The van der Waals surface area contributed by atoms with Crippen molar-refractivity contribution in [3.63, 3.8) is 0 Å². The number of hydrogen-bond donors (Lipinski definition) is 0. The normalized spacial score (nSPS) is 10.8. The molecule has 0 unspecified atom stereocenters. The summed E-state index contributed by atoms with van der Waals surface area (Å²) in [7, 11) is 1.61. The molecule has 28 heavy (non-hydrogen) atoms. The van der Waals surface area contributed by atoms with Crippen molar-refractivity contribution in [1.82, 2.24) is 4.90 Å². The average Bonchev–Trinajstić information content (AvgIpc) is 3.19. The predicted octanol–water partition coefficient (Wildman–Crippen LogP) is 3.83. The molecule has 0 spiro atoms. The topological polar surface area (TPSA) is 66.9 Å². The second-order valence-corrected chi connectivity index (χ2v) is 7.87. The Morgan fingerprint density at radius 1 is 1.00 bits per heavy atom. The van der Waals surface area contributed by atoms with E-state index >= 15 is 0 Å². The first-order chi connectivity index (χ1) is 13.2. The number of carbonyl (C=O) groups excluding carboxylic acids is 3. The summed E-state index contributed by atoms with van der Waals surface area (Å²) in [5.41, 5.74) is 0.672. The summed E-state index contributed by atoms with van der Waals surface area (Å²) >= 11 is 1.33. The number of nitrogens with zero attached hydrogens (tertiary/aromatic N) is 2. The van der Waals surface area contributed by atoms with Gasteiger partial charge in [-0.1, -0.05) is 18.2 Å². The van der Waals surface area contributed by atoms with E-state index in [0.717, 1.165) is 0 Å². The van der Waals surface area contributed by atoms with Gasteiger partial charge < -0.3 is 14.5 Å². The van der Waals surface area contributed by atoms with Gasteiger partial charge in [-0.2, -0.15) is 0 Å². The number of ether oxygens (including phenoxy) is 1. The van der Waals surface area contributed by atoms with Crippen LogP contribution in [0.25, 0.3) is 0 Å². The standard InChI is InChI=1S/C21H26N2O4S/c1-14(2)23(15(3)4)19(24)13-27-21(26)16-9-6-7-10-17(16)22(5)20(25)18-11-8-12-28-18/h6-12,14-15H,13H2,1-5H3.